The third-order valence-corrected chi connectivity index (χ3v) is 8.46. The Bertz CT molecular complexity index is 1140. The zero-order valence-corrected chi connectivity index (χ0v) is 23.7. The van der Waals surface area contributed by atoms with Crippen LogP contribution in [-0.4, -0.2) is 52.4 Å². The highest BCUT2D eigenvalue weighted by Gasteiger charge is 2.29. The second-order valence-corrected chi connectivity index (χ2v) is 11.2. The van der Waals surface area contributed by atoms with Gasteiger partial charge in [0, 0.05) is 37.0 Å². The van der Waals surface area contributed by atoms with Crippen molar-refractivity contribution in [1.82, 2.24) is 9.80 Å². The first-order valence-electron chi connectivity index (χ1n) is 14.0. The Morgan fingerprint density at radius 2 is 1.74 bits per heavy atom. The second kappa shape index (κ2) is 13.4. The maximum Gasteiger partial charge on any atom is 0.306 e. The number of imide groups is 1. The lowest BCUT2D eigenvalue weighted by Gasteiger charge is -2.35. The van der Waals surface area contributed by atoms with Gasteiger partial charge in [0.15, 0.2) is 0 Å². The lowest BCUT2D eigenvalue weighted by Crippen LogP contribution is -2.34. The van der Waals surface area contributed by atoms with E-state index in [0.29, 0.717) is 23.8 Å². The highest BCUT2D eigenvalue weighted by atomic mass is 35.5. The van der Waals surface area contributed by atoms with Gasteiger partial charge in [-0.1, -0.05) is 42.8 Å². The van der Waals surface area contributed by atoms with E-state index in [1.54, 1.807) is 0 Å². The minimum absolute atomic E-state index is 0.124. The van der Waals surface area contributed by atoms with Gasteiger partial charge in [0.1, 0.15) is 12.4 Å². The highest BCUT2D eigenvalue weighted by Crippen LogP contribution is 2.33. The molecule has 0 bridgehead atoms. The van der Waals surface area contributed by atoms with E-state index in [2.05, 4.69) is 43.0 Å². The van der Waals surface area contributed by atoms with Crippen LogP contribution < -0.4 is 4.74 Å². The molecule has 1 heterocycles. The smallest absolute Gasteiger partial charge is 0.306 e. The van der Waals surface area contributed by atoms with Crippen molar-refractivity contribution < 1.29 is 24.2 Å². The van der Waals surface area contributed by atoms with Crippen molar-refractivity contribution in [1.29, 1.82) is 0 Å². The molecule has 2 amide bonds. The number of nitrogens with zero attached hydrogens (tertiary/aromatic N) is 2. The predicted molar refractivity (Wildman–Crippen MR) is 151 cm³/mol. The van der Waals surface area contributed by atoms with Crippen molar-refractivity contribution in [2.24, 2.45) is 11.8 Å². The molecule has 7 nitrogen and oxygen atoms in total. The molecule has 0 spiro atoms. The number of amides is 2. The van der Waals surface area contributed by atoms with Crippen molar-refractivity contribution in [2.75, 3.05) is 19.7 Å². The molecular weight excluding hydrogens is 516 g/mol. The number of halogens is 1. The number of carboxylic acid groups (broad SMARTS) is 1. The van der Waals surface area contributed by atoms with Crippen LogP contribution in [0, 0.1) is 11.8 Å². The van der Waals surface area contributed by atoms with Crippen LogP contribution in [0.3, 0.4) is 0 Å². The summed E-state index contributed by atoms with van der Waals surface area (Å²) in [6, 6.07) is 14.4. The lowest BCUT2D eigenvalue weighted by molar-refractivity contribution is -0.143. The van der Waals surface area contributed by atoms with Gasteiger partial charge in [0.2, 0.25) is 11.8 Å². The summed E-state index contributed by atoms with van der Waals surface area (Å²) in [7, 11) is 0. The zero-order chi connectivity index (χ0) is 27.9. The average molecular weight is 555 g/mol. The van der Waals surface area contributed by atoms with Crippen LogP contribution in [-0.2, 0) is 27.3 Å². The molecular formula is C31H39ClN2O5. The normalized spacial score (nSPS) is 20.5. The number of carbonyl (C=O) groups is 3. The molecule has 1 atom stereocenters. The summed E-state index contributed by atoms with van der Waals surface area (Å²) in [5, 5.41) is 10.1. The minimum Gasteiger partial charge on any atom is -0.491 e. The first-order chi connectivity index (χ1) is 18.7. The Morgan fingerprint density at radius 1 is 1.08 bits per heavy atom. The van der Waals surface area contributed by atoms with Crippen molar-refractivity contribution in [3.63, 3.8) is 0 Å². The Kier molecular flexibility index (Phi) is 10.0. The Hall–Kier alpha value is -2.90. The molecule has 2 aromatic rings. The summed E-state index contributed by atoms with van der Waals surface area (Å²) in [6.07, 6.45) is 4.72. The zero-order valence-electron chi connectivity index (χ0n) is 22.9. The SMILES string of the molecule is CCc1cc(CN(C[C@H]2CC[C@H](C(=O)O)CC2)[C@@H](C)c2ccc(Cl)cc2)ccc1OCCN1C(=O)CCC1=O. The first kappa shape index (κ1) is 29.1. The van der Waals surface area contributed by atoms with E-state index in [0.717, 1.165) is 56.5 Å². The van der Waals surface area contributed by atoms with Gasteiger partial charge in [-0.25, -0.2) is 0 Å². The standard InChI is InChI=1S/C31H39ClN2O5/c1-3-24-18-23(6-13-28(24)39-17-16-34-29(35)14-15-30(34)36)20-33(21(2)25-9-11-27(32)12-10-25)19-22-4-7-26(8-5-22)31(37)38/h6,9-13,18,21-22,26H,3-5,7-8,14-17,19-20H2,1-2H3,(H,37,38)/t21-,22-,26-/m0/s1. The van der Waals surface area contributed by atoms with E-state index in [1.807, 2.05) is 18.2 Å². The fourth-order valence-corrected chi connectivity index (χ4v) is 5.86. The van der Waals surface area contributed by atoms with Gasteiger partial charge < -0.3 is 9.84 Å². The minimum atomic E-state index is -0.673. The number of benzene rings is 2. The number of carbonyl (C=O) groups excluding carboxylic acids is 2. The van der Waals surface area contributed by atoms with Crippen molar-refractivity contribution in [3.05, 3.63) is 64.2 Å². The van der Waals surface area contributed by atoms with E-state index in [1.165, 1.54) is 16.0 Å². The third kappa shape index (κ3) is 7.61. The third-order valence-electron chi connectivity index (χ3n) is 8.21. The lowest BCUT2D eigenvalue weighted by atomic mass is 9.81. The molecule has 1 saturated carbocycles. The molecule has 0 radical (unpaired) electrons. The quantitative estimate of drug-likeness (QED) is 0.329. The van der Waals surface area contributed by atoms with Gasteiger partial charge >= 0.3 is 5.97 Å². The van der Waals surface area contributed by atoms with Crippen LogP contribution in [0.25, 0.3) is 0 Å². The second-order valence-electron chi connectivity index (χ2n) is 10.8. The summed E-state index contributed by atoms with van der Waals surface area (Å²) in [5.74, 6) is 0.101. The molecule has 8 heteroatoms. The molecule has 39 heavy (non-hydrogen) atoms. The molecule has 1 aliphatic carbocycles. The Labute approximate surface area is 236 Å². The maximum absolute atomic E-state index is 11.9. The number of aliphatic carboxylic acids is 1. The molecule has 0 aromatic heterocycles. The number of ether oxygens (including phenoxy) is 1. The molecule has 4 rings (SSSR count). The summed E-state index contributed by atoms with van der Waals surface area (Å²) < 4.78 is 6.01. The Morgan fingerprint density at radius 3 is 2.36 bits per heavy atom. The number of carboxylic acids is 1. The van der Waals surface area contributed by atoms with Gasteiger partial charge in [0.25, 0.3) is 0 Å². The molecule has 2 aliphatic rings. The van der Waals surface area contributed by atoms with Gasteiger partial charge in [-0.2, -0.15) is 0 Å². The Balaban J connectivity index is 1.45. The van der Waals surface area contributed by atoms with Gasteiger partial charge in [0.05, 0.1) is 12.5 Å². The van der Waals surface area contributed by atoms with Crippen LogP contribution in [0.1, 0.15) is 75.1 Å². The molecule has 1 saturated heterocycles. The number of hydrogen-bond donors (Lipinski definition) is 1. The van der Waals surface area contributed by atoms with E-state index >= 15 is 0 Å². The van der Waals surface area contributed by atoms with Gasteiger partial charge in [-0.15, -0.1) is 0 Å². The van der Waals surface area contributed by atoms with E-state index in [4.69, 9.17) is 16.3 Å². The number of rotatable bonds is 12. The molecule has 210 valence electrons. The van der Waals surface area contributed by atoms with E-state index in [9.17, 15) is 19.5 Å². The predicted octanol–water partition coefficient (Wildman–Crippen LogP) is 5.88. The molecule has 1 N–H and O–H groups in total. The van der Waals surface area contributed by atoms with Gasteiger partial charge in [-0.3, -0.25) is 24.2 Å². The fourth-order valence-electron chi connectivity index (χ4n) is 5.74. The fraction of sp³-hybridized carbons (Fsp3) is 0.516. The van der Waals surface area contributed by atoms with Gasteiger partial charge in [-0.05, 0) is 79.8 Å². The van der Waals surface area contributed by atoms with Crippen molar-refractivity contribution >= 4 is 29.4 Å². The summed E-state index contributed by atoms with van der Waals surface area (Å²) in [4.78, 5) is 38.9. The summed E-state index contributed by atoms with van der Waals surface area (Å²) >= 11 is 6.15. The van der Waals surface area contributed by atoms with Crippen LogP contribution in [0.5, 0.6) is 5.75 Å². The molecule has 2 fully saturated rings. The van der Waals surface area contributed by atoms with Crippen LogP contribution in [0.4, 0.5) is 0 Å². The van der Waals surface area contributed by atoms with E-state index < -0.39 is 5.97 Å². The molecule has 2 aromatic carbocycles. The number of aryl methyl sites for hydroxylation is 1. The monoisotopic (exact) mass is 554 g/mol. The highest BCUT2D eigenvalue weighted by molar-refractivity contribution is 6.30. The van der Waals surface area contributed by atoms with Crippen molar-refractivity contribution in [2.45, 2.75) is 71.4 Å². The number of likely N-dealkylation sites (tertiary alicyclic amines) is 1. The first-order valence-corrected chi connectivity index (χ1v) is 14.4. The largest absolute Gasteiger partial charge is 0.491 e. The van der Waals surface area contributed by atoms with Crippen molar-refractivity contribution in [3.8, 4) is 5.75 Å². The molecule has 0 unspecified atom stereocenters. The number of hydrogen-bond acceptors (Lipinski definition) is 5. The van der Waals surface area contributed by atoms with Crippen LogP contribution >= 0.6 is 11.6 Å². The summed E-state index contributed by atoms with van der Waals surface area (Å²) in [6.45, 7) is 6.52. The van der Waals surface area contributed by atoms with Crippen LogP contribution in [0.15, 0.2) is 42.5 Å². The van der Waals surface area contributed by atoms with Crippen LogP contribution in [0.2, 0.25) is 5.02 Å². The topological polar surface area (TPSA) is 87.2 Å². The maximum atomic E-state index is 11.9. The molecule has 1 aliphatic heterocycles. The average Bonchev–Trinajstić information content (AvgIpc) is 3.26. The van der Waals surface area contributed by atoms with E-state index in [-0.39, 0.29) is 36.9 Å². The summed E-state index contributed by atoms with van der Waals surface area (Å²) in [5.41, 5.74) is 3.47.